The minimum atomic E-state index is -4.59. The van der Waals surface area contributed by atoms with Gasteiger partial charge >= 0.3 is 11.9 Å². The molecule has 40 heavy (non-hydrogen) atoms. The van der Waals surface area contributed by atoms with Crippen LogP contribution >= 0.6 is 0 Å². The fraction of sp³-hybridized carbons (Fsp3) is 0.286. The molecule has 6 rings (SSSR count). The summed E-state index contributed by atoms with van der Waals surface area (Å²) < 4.78 is 44.2. The third-order valence-electron chi connectivity index (χ3n) is 7.42. The highest BCUT2D eigenvalue weighted by molar-refractivity contribution is 6.04. The topological polar surface area (TPSA) is 101 Å². The van der Waals surface area contributed by atoms with E-state index in [-0.39, 0.29) is 17.1 Å². The number of benzene rings is 1. The SMILES string of the molecule is CNc1ncc(-c2ccc3ncc4c(c3c2)n(-c2ccc(N3CCC(O)C3)nc2C)c(=O)n4C)cc1C(F)(F)F. The van der Waals surface area contributed by atoms with Gasteiger partial charge in [0.05, 0.1) is 45.8 Å². The van der Waals surface area contributed by atoms with Gasteiger partial charge in [-0.05, 0) is 49.2 Å². The molecule has 5 aromatic rings. The number of aliphatic hydroxyl groups excluding tert-OH is 1. The number of hydrogen-bond acceptors (Lipinski definition) is 7. The van der Waals surface area contributed by atoms with Crippen LogP contribution in [-0.4, -0.2) is 55.4 Å². The summed E-state index contributed by atoms with van der Waals surface area (Å²) >= 11 is 0. The van der Waals surface area contributed by atoms with Crippen molar-refractivity contribution in [3.8, 4) is 16.8 Å². The summed E-state index contributed by atoms with van der Waals surface area (Å²) in [4.78, 5) is 28.8. The second kappa shape index (κ2) is 9.33. The average molecular weight is 550 g/mol. The molecule has 1 aliphatic heterocycles. The lowest BCUT2D eigenvalue weighted by atomic mass is 10.0. The summed E-state index contributed by atoms with van der Waals surface area (Å²) in [5.74, 6) is 0.464. The molecule has 1 unspecified atom stereocenters. The summed E-state index contributed by atoms with van der Waals surface area (Å²) in [6.07, 6.45) is -1.31. The molecule has 206 valence electrons. The van der Waals surface area contributed by atoms with Crippen molar-refractivity contribution in [2.45, 2.75) is 25.6 Å². The van der Waals surface area contributed by atoms with E-state index in [1.807, 2.05) is 24.0 Å². The Morgan fingerprint density at radius 2 is 1.88 bits per heavy atom. The number of halogens is 3. The standard InChI is InChI=1S/C28H26F3N7O2/c1-15-22(6-7-24(35-15)37-9-8-18(39)14-37)38-25-19-10-16(4-5-21(19)33-13-23(25)36(3)27(38)40)17-11-20(28(29,30)31)26(32-2)34-12-17/h4-7,10-13,18,39H,8-9,14H2,1-3H3,(H,32,34). The molecule has 0 aliphatic carbocycles. The maximum Gasteiger partial charge on any atom is 0.419 e. The Hall–Kier alpha value is -4.45. The number of alkyl halides is 3. The number of rotatable bonds is 4. The van der Waals surface area contributed by atoms with Gasteiger partial charge in [-0.1, -0.05) is 6.07 Å². The first-order valence-corrected chi connectivity index (χ1v) is 12.7. The fourth-order valence-electron chi connectivity index (χ4n) is 5.34. The molecule has 5 heterocycles. The smallest absolute Gasteiger partial charge is 0.391 e. The van der Waals surface area contributed by atoms with Gasteiger partial charge in [-0.2, -0.15) is 13.2 Å². The molecule has 0 bridgehead atoms. The Labute approximate surface area is 226 Å². The fourth-order valence-corrected chi connectivity index (χ4v) is 5.34. The molecule has 0 saturated carbocycles. The number of aryl methyl sites for hydroxylation is 2. The number of imidazole rings is 1. The Balaban J connectivity index is 1.55. The molecule has 0 radical (unpaired) electrons. The Morgan fingerprint density at radius 3 is 2.55 bits per heavy atom. The van der Waals surface area contributed by atoms with E-state index in [2.05, 4.69) is 15.3 Å². The second-order valence-electron chi connectivity index (χ2n) is 9.93. The number of hydrogen-bond donors (Lipinski definition) is 2. The minimum Gasteiger partial charge on any atom is -0.391 e. The molecule has 1 aliphatic rings. The Morgan fingerprint density at radius 1 is 1.07 bits per heavy atom. The van der Waals surface area contributed by atoms with Gasteiger partial charge in [-0.15, -0.1) is 0 Å². The van der Waals surface area contributed by atoms with Crippen molar-refractivity contribution in [3.05, 3.63) is 70.5 Å². The zero-order valence-electron chi connectivity index (χ0n) is 22.0. The zero-order valence-corrected chi connectivity index (χ0v) is 22.0. The molecule has 1 fully saturated rings. The molecule has 1 saturated heterocycles. The van der Waals surface area contributed by atoms with E-state index >= 15 is 0 Å². The zero-order chi connectivity index (χ0) is 28.3. The number of aliphatic hydroxyl groups is 1. The van der Waals surface area contributed by atoms with Crippen LogP contribution in [0, 0.1) is 6.92 Å². The third kappa shape index (κ3) is 4.15. The van der Waals surface area contributed by atoms with Gasteiger partial charge in [0.1, 0.15) is 11.6 Å². The molecule has 2 N–H and O–H groups in total. The van der Waals surface area contributed by atoms with Gasteiger partial charge in [-0.25, -0.2) is 14.8 Å². The minimum absolute atomic E-state index is 0.257. The van der Waals surface area contributed by atoms with E-state index < -0.39 is 17.8 Å². The molecular weight excluding hydrogens is 523 g/mol. The van der Waals surface area contributed by atoms with Crippen LogP contribution in [0.2, 0.25) is 0 Å². The van der Waals surface area contributed by atoms with Crippen molar-refractivity contribution in [2.75, 3.05) is 30.4 Å². The van der Waals surface area contributed by atoms with Gasteiger partial charge in [0.2, 0.25) is 0 Å². The Kier molecular flexibility index (Phi) is 6.02. The quantitative estimate of drug-likeness (QED) is 0.345. The number of aromatic nitrogens is 5. The van der Waals surface area contributed by atoms with Crippen LogP contribution < -0.4 is 15.9 Å². The Bertz CT molecular complexity index is 1840. The van der Waals surface area contributed by atoms with Crippen LogP contribution in [0.3, 0.4) is 0 Å². The van der Waals surface area contributed by atoms with Gasteiger partial charge in [0.15, 0.2) is 0 Å². The number of anilines is 2. The largest absolute Gasteiger partial charge is 0.419 e. The summed E-state index contributed by atoms with van der Waals surface area (Å²) in [6.45, 7) is 3.01. The first-order chi connectivity index (χ1) is 19.1. The van der Waals surface area contributed by atoms with Gasteiger partial charge in [0, 0.05) is 44.3 Å². The maximum atomic E-state index is 13.7. The van der Waals surface area contributed by atoms with E-state index in [1.165, 1.54) is 17.8 Å². The van der Waals surface area contributed by atoms with Crippen LogP contribution in [-0.2, 0) is 13.2 Å². The highest BCUT2D eigenvalue weighted by Crippen LogP contribution is 2.37. The van der Waals surface area contributed by atoms with Gasteiger partial charge in [0.25, 0.3) is 0 Å². The third-order valence-corrected chi connectivity index (χ3v) is 7.42. The monoisotopic (exact) mass is 549 g/mol. The normalized spacial score (nSPS) is 15.9. The summed E-state index contributed by atoms with van der Waals surface area (Å²) in [7, 11) is 3.04. The van der Waals surface area contributed by atoms with Crippen molar-refractivity contribution >= 4 is 33.6 Å². The highest BCUT2D eigenvalue weighted by Gasteiger charge is 2.34. The predicted octanol–water partition coefficient (Wildman–Crippen LogP) is 4.27. The van der Waals surface area contributed by atoms with E-state index in [9.17, 15) is 23.1 Å². The van der Waals surface area contributed by atoms with E-state index in [1.54, 1.807) is 36.0 Å². The number of nitrogens with one attached hydrogen (secondary N) is 1. The van der Waals surface area contributed by atoms with Crippen LogP contribution in [0.1, 0.15) is 17.7 Å². The van der Waals surface area contributed by atoms with Crippen molar-refractivity contribution in [2.24, 2.45) is 7.05 Å². The number of pyridine rings is 3. The van der Waals surface area contributed by atoms with Crippen molar-refractivity contribution in [3.63, 3.8) is 0 Å². The molecule has 9 nitrogen and oxygen atoms in total. The number of β-amino-alcohol motifs (C(OH)–C–C–N with tert-alkyl or cyclic N) is 1. The predicted molar refractivity (Wildman–Crippen MR) is 147 cm³/mol. The van der Waals surface area contributed by atoms with Crippen LogP contribution in [0.5, 0.6) is 0 Å². The molecule has 1 atom stereocenters. The molecule has 12 heteroatoms. The average Bonchev–Trinajstić information content (AvgIpc) is 3.48. The lowest BCUT2D eigenvalue weighted by molar-refractivity contribution is -0.137. The lowest BCUT2D eigenvalue weighted by Crippen LogP contribution is -2.24. The first-order valence-electron chi connectivity index (χ1n) is 12.7. The van der Waals surface area contributed by atoms with Crippen molar-refractivity contribution in [1.29, 1.82) is 0 Å². The van der Waals surface area contributed by atoms with Crippen LogP contribution in [0.15, 0.2) is 53.6 Å². The summed E-state index contributed by atoms with van der Waals surface area (Å²) in [6, 6.07) is 9.86. The van der Waals surface area contributed by atoms with Crippen molar-refractivity contribution < 1.29 is 18.3 Å². The number of nitrogens with zero attached hydrogens (tertiary/aromatic N) is 6. The summed E-state index contributed by atoms with van der Waals surface area (Å²) in [5, 5.41) is 13.0. The molecule has 0 spiro atoms. The summed E-state index contributed by atoms with van der Waals surface area (Å²) in [5.41, 5.74) is 2.54. The van der Waals surface area contributed by atoms with Gasteiger partial charge < -0.3 is 15.3 Å². The van der Waals surface area contributed by atoms with E-state index in [0.717, 1.165) is 11.9 Å². The molecular formula is C28H26F3N7O2. The van der Waals surface area contributed by atoms with Crippen LogP contribution in [0.4, 0.5) is 24.8 Å². The first kappa shape index (κ1) is 25.8. The van der Waals surface area contributed by atoms with Gasteiger partial charge in [-0.3, -0.25) is 14.1 Å². The highest BCUT2D eigenvalue weighted by atomic mass is 19.4. The number of fused-ring (bicyclic) bond motifs is 3. The molecule has 4 aromatic heterocycles. The lowest BCUT2D eigenvalue weighted by Gasteiger charge is -2.18. The van der Waals surface area contributed by atoms with E-state index in [4.69, 9.17) is 4.98 Å². The molecule has 0 amide bonds. The maximum absolute atomic E-state index is 13.7. The molecule has 1 aromatic carbocycles. The van der Waals surface area contributed by atoms with Crippen LogP contribution in [0.25, 0.3) is 38.8 Å². The van der Waals surface area contributed by atoms with Crippen molar-refractivity contribution in [1.82, 2.24) is 24.1 Å². The second-order valence-corrected chi connectivity index (χ2v) is 9.93. The van der Waals surface area contributed by atoms with E-state index in [0.29, 0.717) is 58.4 Å².